The first-order valence-electron chi connectivity index (χ1n) is 7.49. The van der Waals surface area contributed by atoms with E-state index in [0.29, 0.717) is 12.0 Å². The third-order valence-electron chi connectivity index (χ3n) is 3.84. The van der Waals surface area contributed by atoms with Crippen LogP contribution in [0.25, 0.3) is 0 Å². The van der Waals surface area contributed by atoms with Crippen LogP contribution in [-0.4, -0.2) is 46.6 Å². The lowest BCUT2D eigenvalue weighted by molar-refractivity contribution is -0.155. The molecule has 0 saturated carbocycles. The minimum atomic E-state index is -0.904. The van der Waals surface area contributed by atoms with Gasteiger partial charge >= 0.3 is 5.97 Å². The van der Waals surface area contributed by atoms with E-state index in [-0.39, 0.29) is 5.91 Å². The summed E-state index contributed by atoms with van der Waals surface area (Å²) in [7, 11) is 0. The van der Waals surface area contributed by atoms with Gasteiger partial charge in [0, 0.05) is 26.1 Å². The van der Waals surface area contributed by atoms with Gasteiger partial charge in [-0.2, -0.15) is 0 Å². The molecule has 21 heavy (non-hydrogen) atoms. The number of carboxylic acid groups (broad SMARTS) is 1. The molecule has 5 heteroatoms. The highest BCUT2D eigenvalue weighted by atomic mass is 16.4. The monoisotopic (exact) mass is 290 g/mol. The van der Waals surface area contributed by atoms with E-state index >= 15 is 0 Å². The van der Waals surface area contributed by atoms with Crippen molar-refractivity contribution in [1.82, 2.24) is 10.0 Å². The zero-order valence-corrected chi connectivity index (χ0v) is 12.4. The van der Waals surface area contributed by atoms with Gasteiger partial charge in [-0.15, -0.1) is 0 Å². The molecule has 2 rings (SSSR count). The summed E-state index contributed by atoms with van der Waals surface area (Å²) < 4.78 is 0. The number of amides is 1. The first-order valence-corrected chi connectivity index (χ1v) is 7.49. The van der Waals surface area contributed by atoms with Crippen LogP contribution in [0.2, 0.25) is 0 Å². The largest absolute Gasteiger partial charge is 0.478 e. The zero-order valence-electron chi connectivity index (χ0n) is 12.4. The standard InChI is InChI=1S/C16H22N2O3/c1-2-17-11-4-6-15(19)18(17)12-3-5-13-7-9-14(10-8-13)16(20)21/h7-10H,2-6,11-12H2,1H3,(H,20,21). The maximum Gasteiger partial charge on any atom is 0.335 e. The van der Waals surface area contributed by atoms with E-state index in [2.05, 4.69) is 11.9 Å². The molecule has 0 radical (unpaired) electrons. The molecule has 0 atom stereocenters. The van der Waals surface area contributed by atoms with Crippen molar-refractivity contribution >= 4 is 11.9 Å². The minimum absolute atomic E-state index is 0.212. The second-order valence-electron chi connectivity index (χ2n) is 5.27. The fourth-order valence-corrected chi connectivity index (χ4v) is 2.66. The highest BCUT2D eigenvalue weighted by molar-refractivity contribution is 5.87. The molecule has 0 aliphatic carbocycles. The molecule has 0 bridgehead atoms. The maximum absolute atomic E-state index is 11.9. The normalized spacial score (nSPS) is 16.2. The molecule has 1 amide bonds. The lowest BCUT2D eigenvalue weighted by Gasteiger charge is -2.38. The predicted molar refractivity (Wildman–Crippen MR) is 79.9 cm³/mol. The first kappa shape index (κ1) is 15.5. The summed E-state index contributed by atoms with van der Waals surface area (Å²) in [5.74, 6) is -0.691. The number of carboxylic acids is 1. The third-order valence-corrected chi connectivity index (χ3v) is 3.84. The van der Waals surface area contributed by atoms with E-state index in [0.717, 1.165) is 44.5 Å². The number of carbonyl (C=O) groups excluding carboxylic acids is 1. The van der Waals surface area contributed by atoms with E-state index in [1.54, 1.807) is 12.1 Å². The Morgan fingerprint density at radius 1 is 1.29 bits per heavy atom. The van der Waals surface area contributed by atoms with Gasteiger partial charge in [0.1, 0.15) is 0 Å². The minimum Gasteiger partial charge on any atom is -0.478 e. The van der Waals surface area contributed by atoms with Crippen molar-refractivity contribution in [2.45, 2.75) is 32.6 Å². The molecule has 1 saturated heterocycles. The summed E-state index contributed by atoms with van der Waals surface area (Å²) in [5.41, 5.74) is 1.41. The number of hydrogen-bond donors (Lipinski definition) is 1. The van der Waals surface area contributed by atoms with Crippen LogP contribution in [0, 0.1) is 0 Å². The smallest absolute Gasteiger partial charge is 0.335 e. The fourth-order valence-electron chi connectivity index (χ4n) is 2.66. The molecule has 0 aromatic heterocycles. The Labute approximate surface area is 125 Å². The van der Waals surface area contributed by atoms with Crippen LogP contribution in [-0.2, 0) is 11.2 Å². The maximum atomic E-state index is 11.9. The Morgan fingerprint density at radius 3 is 2.62 bits per heavy atom. The van der Waals surface area contributed by atoms with Gasteiger partial charge in [-0.1, -0.05) is 19.1 Å². The van der Waals surface area contributed by atoms with E-state index in [1.807, 2.05) is 17.1 Å². The number of benzene rings is 1. The summed E-state index contributed by atoms with van der Waals surface area (Å²) in [5, 5.41) is 12.8. The van der Waals surface area contributed by atoms with Crippen molar-refractivity contribution in [2.24, 2.45) is 0 Å². The number of aromatic carboxylic acids is 1. The summed E-state index contributed by atoms with van der Waals surface area (Å²) >= 11 is 0. The van der Waals surface area contributed by atoms with Gasteiger partial charge in [0.2, 0.25) is 5.91 Å². The Hall–Kier alpha value is -1.88. The van der Waals surface area contributed by atoms with E-state index in [9.17, 15) is 9.59 Å². The zero-order chi connectivity index (χ0) is 15.2. The number of rotatable bonds is 6. The van der Waals surface area contributed by atoms with E-state index in [4.69, 9.17) is 5.11 Å². The average Bonchev–Trinajstić information content (AvgIpc) is 2.49. The predicted octanol–water partition coefficient (Wildman–Crippen LogP) is 2.18. The SMILES string of the molecule is CCN1CCCC(=O)N1CCCc1ccc(C(=O)O)cc1. The van der Waals surface area contributed by atoms with Gasteiger partial charge in [0.15, 0.2) is 0 Å². The Kier molecular flexibility index (Phi) is 5.33. The molecule has 0 unspecified atom stereocenters. The van der Waals surface area contributed by atoms with Crippen LogP contribution in [0.1, 0.15) is 42.1 Å². The van der Waals surface area contributed by atoms with Gasteiger partial charge in [-0.25, -0.2) is 9.80 Å². The van der Waals surface area contributed by atoms with Crippen LogP contribution in [0.15, 0.2) is 24.3 Å². The highest BCUT2D eigenvalue weighted by Gasteiger charge is 2.23. The summed E-state index contributed by atoms with van der Waals surface area (Å²) in [6, 6.07) is 6.95. The highest BCUT2D eigenvalue weighted by Crippen LogP contribution is 2.14. The summed E-state index contributed by atoms with van der Waals surface area (Å²) in [6.07, 6.45) is 3.32. The van der Waals surface area contributed by atoms with Crippen molar-refractivity contribution in [3.63, 3.8) is 0 Å². The second kappa shape index (κ2) is 7.22. The van der Waals surface area contributed by atoms with Gasteiger partial charge in [-0.3, -0.25) is 9.80 Å². The van der Waals surface area contributed by atoms with Crippen molar-refractivity contribution < 1.29 is 14.7 Å². The molecule has 1 N–H and O–H groups in total. The molecule has 1 aliphatic heterocycles. The van der Waals surface area contributed by atoms with Crippen molar-refractivity contribution in [1.29, 1.82) is 0 Å². The molecular formula is C16H22N2O3. The van der Waals surface area contributed by atoms with Crippen molar-refractivity contribution in [2.75, 3.05) is 19.6 Å². The number of hydrogen-bond acceptors (Lipinski definition) is 3. The Morgan fingerprint density at radius 2 is 2.00 bits per heavy atom. The second-order valence-corrected chi connectivity index (χ2v) is 5.27. The number of aryl methyl sites for hydroxylation is 1. The van der Waals surface area contributed by atoms with Gasteiger partial charge < -0.3 is 5.11 Å². The topological polar surface area (TPSA) is 60.9 Å². The van der Waals surface area contributed by atoms with Crippen LogP contribution < -0.4 is 0 Å². The molecule has 1 aliphatic rings. The first-order chi connectivity index (χ1) is 10.1. The molecule has 1 aromatic carbocycles. The quantitative estimate of drug-likeness (QED) is 0.872. The molecule has 0 spiro atoms. The van der Waals surface area contributed by atoms with Gasteiger partial charge in [-0.05, 0) is 37.0 Å². The molecule has 1 fully saturated rings. The van der Waals surface area contributed by atoms with Crippen LogP contribution in [0.5, 0.6) is 0 Å². The van der Waals surface area contributed by atoms with Crippen molar-refractivity contribution in [3.05, 3.63) is 35.4 Å². The number of hydrazine groups is 1. The fraction of sp³-hybridized carbons (Fsp3) is 0.500. The lowest BCUT2D eigenvalue weighted by Crippen LogP contribution is -2.50. The van der Waals surface area contributed by atoms with Crippen LogP contribution >= 0.6 is 0 Å². The summed E-state index contributed by atoms with van der Waals surface area (Å²) in [4.78, 5) is 22.7. The molecule has 1 heterocycles. The van der Waals surface area contributed by atoms with Gasteiger partial charge in [0.05, 0.1) is 5.56 Å². The molecule has 5 nitrogen and oxygen atoms in total. The van der Waals surface area contributed by atoms with Crippen molar-refractivity contribution in [3.8, 4) is 0 Å². The molecule has 114 valence electrons. The number of carbonyl (C=O) groups is 2. The van der Waals surface area contributed by atoms with E-state index in [1.165, 1.54) is 0 Å². The lowest BCUT2D eigenvalue weighted by atomic mass is 10.1. The molecule has 1 aromatic rings. The molecular weight excluding hydrogens is 268 g/mol. The van der Waals surface area contributed by atoms with Crippen LogP contribution in [0.3, 0.4) is 0 Å². The third kappa shape index (κ3) is 4.04. The van der Waals surface area contributed by atoms with E-state index < -0.39 is 5.97 Å². The van der Waals surface area contributed by atoms with Gasteiger partial charge in [0.25, 0.3) is 0 Å². The Bertz CT molecular complexity index is 499. The average molecular weight is 290 g/mol. The Balaban J connectivity index is 1.85. The summed E-state index contributed by atoms with van der Waals surface area (Å²) in [6.45, 7) is 4.61. The van der Waals surface area contributed by atoms with Crippen LogP contribution in [0.4, 0.5) is 0 Å². The number of nitrogens with zero attached hydrogens (tertiary/aromatic N) is 2.